The Morgan fingerprint density at radius 3 is 2.78 bits per heavy atom. The molecule has 0 aliphatic rings. The summed E-state index contributed by atoms with van der Waals surface area (Å²) in [4.78, 5) is 12.0. The number of nitrogens with one attached hydrogen (secondary N) is 1. The van der Waals surface area contributed by atoms with Gasteiger partial charge in [-0.3, -0.25) is 4.79 Å². The van der Waals surface area contributed by atoms with Gasteiger partial charge in [-0.05, 0) is 30.3 Å². The van der Waals surface area contributed by atoms with E-state index in [1.165, 1.54) is 6.07 Å². The van der Waals surface area contributed by atoms with E-state index in [0.717, 1.165) is 4.47 Å². The van der Waals surface area contributed by atoms with Crippen LogP contribution in [-0.4, -0.2) is 16.1 Å². The molecule has 2 aromatic carbocycles. The van der Waals surface area contributed by atoms with E-state index >= 15 is 0 Å². The van der Waals surface area contributed by atoms with Crippen molar-refractivity contribution in [3.63, 3.8) is 0 Å². The van der Waals surface area contributed by atoms with Crippen LogP contribution in [0.25, 0.3) is 11.5 Å². The fourth-order valence-corrected chi connectivity index (χ4v) is 2.36. The molecule has 1 heterocycles. The van der Waals surface area contributed by atoms with Gasteiger partial charge in [0, 0.05) is 10.0 Å². The van der Waals surface area contributed by atoms with Crippen molar-refractivity contribution in [2.45, 2.75) is 6.54 Å². The largest absolute Gasteiger partial charge is 0.419 e. The number of carbonyl (C=O) groups excluding carboxylic acids is 1. The molecule has 0 saturated carbocycles. The first kappa shape index (κ1) is 15.4. The van der Waals surface area contributed by atoms with Gasteiger partial charge in [-0.1, -0.05) is 34.1 Å². The maximum atomic E-state index is 13.7. The molecule has 3 rings (SSSR count). The second-order valence-electron chi connectivity index (χ2n) is 4.67. The Morgan fingerprint density at radius 2 is 2.00 bits per heavy atom. The minimum atomic E-state index is -0.444. The first-order valence-electron chi connectivity index (χ1n) is 6.74. The second-order valence-corrected chi connectivity index (χ2v) is 5.59. The summed E-state index contributed by atoms with van der Waals surface area (Å²) in [5.74, 6) is -0.431. The molecule has 1 aromatic heterocycles. The monoisotopic (exact) mass is 375 g/mol. The van der Waals surface area contributed by atoms with Gasteiger partial charge in [0.05, 0.1) is 12.1 Å². The summed E-state index contributed by atoms with van der Waals surface area (Å²) >= 11 is 3.31. The van der Waals surface area contributed by atoms with E-state index in [9.17, 15) is 9.18 Å². The van der Waals surface area contributed by atoms with Crippen LogP contribution in [0.1, 0.15) is 16.2 Å². The van der Waals surface area contributed by atoms with Crippen LogP contribution in [0, 0.1) is 5.82 Å². The lowest BCUT2D eigenvalue weighted by atomic mass is 10.2. The molecule has 3 aromatic rings. The van der Waals surface area contributed by atoms with E-state index in [-0.39, 0.29) is 29.8 Å². The Morgan fingerprint density at radius 1 is 1.17 bits per heavy atom. The second kappa shape index (κ2) is 6.70. The van der Waals surface area contributed by atoms with Crippen LogP contribution in [0.15, 0.2) is 57.4 Å². The Kier molecular flexibility index (Phi) is 4.47. The maximum Gasteiger partial charge on any atom is 0.251 e. The number of amides is 1. The van der Waals surface area contributed by atoms with Crippen molar-refractivity contribution in [1.82, 2.24) is 15.5 Å². The van der Waals surface area contributed by atoms with E-state index in [1.54, 1.807) is 36.4 Å². The molecule has 0 aliphatic carbocycles. The first-order valence-corrected chi connectivity index (χ1v) is 7.54. The third-order valence-electron chi connectivity index (χ3n) is 3.06. The van der Waals surface area contributed by atoms with Gasteiger partial charge in [0.2, 0.25) is 5.89 Å². The molecule has 5 nitrogen and oxygen atoms in total. The number of carbonyl (C=O) groups is 1. The fraction of sp³-hybridized carbons (Fsp3) is 0.0625. The van der Waals surface area contributed by atoms with Crippen molar-refractivity contribution in [2.75, 3.05) is 0 Å². The quantitative estimate of drug-likeness (QED) is 0.756. The number of benzene rings is 2. The molecular formula is C16H11BrFN3O2. The number of nitrogens with zero attached hydrogens (tertiary/aromatic N) is 2. The highest BCUT2D eigenvalue weighted by Gasteiger charge is 2.13. The van der Waals surface area contributed by atoms with Gasteiger partial charge in [0.25, 0.3) is 11.8 Å². The van der Waals surface area contributed by atoms with E-state index in [1.807, 2.05) is 6.07 Å². The van der Waals surface area contributed by atoms with Crippen molar-refractivity contribution >= 4 is 21.8 Å². The molecule has 116 valence electrons. The van der Waals surface area contributed by atoms with Gasteiger partial charge in [0.1, 0.15) is 5.82 Å². The average Bonchev–Trinajstić information content (AvgIpc) is 3.02. The lowest BCUT2D eigenvalue weighted by Gasteiger charge is -2.02. The third-order valence-corrected chi connectivity index (χ3v) is 3.55. The number of hydrogen-bond donors (Lipinski definition) is 1. The standard InChI is InChI=1S/C16H11BrFN3O2/c17-11-5-3-4-10(8-11)15(22)19-9-14-20-21-16(23-14)12-6-1-2-7-13(12)18/h1-8H,9H2,(H,19,22). The van der Waals surface area contributed by atoms with Gasteiger partial charge in [-0.2, -0.15) is 0 Å². The van der Waals surface area contributed by atoms with Gasteiger partial charge >= 0.3 is 0 Å². The van der Waals surface area contributed by atoms with Gasteiger partial charge in [-0.15, -0.1) is 10.2 Å². The average molecular weight is 376 g/mol. The van der Waals surface area contributed by atoms with Gasteiger partial charge < -0.3 is 9.73 Å². The van der Waals surface area contributed by atoms with Crippen LogP contribution < -0.4 is 5.32 Å². The van der Waals surface area contributed by atoms with Crippen molar-refractivity contribution in [1.29, 1.82) is 0 Å². The molecular weight excluding hydrogens is 365 g/mol. The summed E-state index contributed by atoms with van der Waals surface area (Å²) in [6.45, 7) is 0.0623. The highest BCUT2D eigenvalue weighted by molar-refractivity contribution is 9.10. The molecule has 0 bridgehead atoms. The molecule has 23 heavy (non-hydrogen) atoms. The predicted molar refractivity (Wildman–Crippen MR) is 85.0 cm³/mol. The first-order chi connectivity index (χ1) is 11.1. The molecule has 0 saturated heterocycles. The van der Waals surface area contributed by atoms with Crippen LogP contribution in [-0.2, 0) is 6.54 Å². The smallest absolute Gasteiger partial charge is 0.251 e. The number of halogens is 2. The van der Waals surface area contributed by atoms with Crippen LogP contribution in [0.4, 0.5) is 4.39 Å². The lowest BCUT2D eigenvalue weighted by Crippen LogP contribution is -2.22. The zero-order chi connectivity index (χ0) is 16.2. The van der Waals surface area contributed by atoms with Crippen LogP contribution in [0.3, 0.4) is 0 Å². The zero-order valence-corrected chi connectivity index (χ0v) is 13.4. The Hall–Kier alpha value is -2.54. The Balaban J connectivity index is 1.68. The molecule has 0 unspecified atom stereocenters. The van der Waals surface area contributed by atoms with E-state index < -0.39 is 5.82 Å². The predicted octanol–water partition coefficient (Wildman–Crippen LogP) is 3.57. The van der Waals surface area contributed by atoms with E-state index in [4.69, 9.17) is 4.42 Å². The minimum absolute atomic E-state index is 0.0623. The van der Waals surface area contributed by atoms with Crippen molar-refractivity contribution in [3.05, 3.63) is 70.3 Å². The Bertz CT molecular complexity index is 851. The molecule has 0 fully saturated rings. The maximum absolute atomic E-state index is 13.7. The van der Waals surface area contributed by atoms with Gasteiger partial charge in [-0.25, -0.2) is 4.39 Å². The van der Waals surface area contributed by atoms with Crippen LogP contribution in [0.5, 0.6) is 0 Å². The highest BCUT2D eigenvalue weighted by atomic mass is 79.9. The number of aromatic nitrogens is 2. The SMILES string of the molecule is O=C(NCc1nnc(-c2ccccc2F)o1)c1cccc(Br)c1. The zero-order valence-electron chi connectivity index (χ0n) is 11.8. The normalized spacial score (nSPS) is 10.5. The summed E-state index contributed by atoms with van der Waals surface area (Å²) < 4.78 is 19.8. The van der Waals surface area contributed by atoms with Crippen molar-refractivity contribution < 1.29 is 13.6 Å². The molecule has 7 heteroatoms. The Labute approximate surface area is 139 Å². The van der Waals surface area contributed by atoms with Crippen molar-refractivity contribution in [2.24, 2.45) is 0 Å². The molecule has 0 spiro atoms. The summed E-state index contributed by atoms with van der Waals surface area (Å²) in [6.07, 6.45) is 0. The van der Waals surface area contributed by atoms with Crippen LogP contribution in [0.2, 0.25) is 0 Å². The van der Waals surface area contributed by atoms with E-state index in [0.29, 0.717) is 5.56 Å². The summed E-state index contributed by atoms with van der Waals surface area (Å²) in [5.41, 5.74) is 0.734. The molecule has 0 aliphatic heterocycles. The molecule has 1 amide bonds. The van der Waals surface area contributed by atoms with E-state index in [2.05, 4.69) is 31.4 Å². The fourth-order valence-electron chi connectivity index (χ4n) is 1.96. The third kappa shape index (κ3) is 3.62. The summed E-state index contributed by atoms with van der Waals surface area (Å²) in [5, 5.41) is 10.3. The molecule has 0 atom stereocenters. The minimum Gasteiger partial charge on any atom is -0.419 e. The highest BCUT2D eigenvalue weighted by Crippen LogP contribution is 2.20. The molecule has 1 N–H and O–H groups in total. The summed E-state index contributed by atoms with van der Waals surface area (Å²) in [6, 6.07) is 13.1. The van der Waals surface area contributed by atoms with Crippen molar-refractivity contribution in [3.8, 4) is 11.5 Å². The number of hydrogen-bond acceptors (Lipinski definition) is 4. The van der Waals surface area contributed by atoms with Crippen LogP contribution >= 0.6 is 15.9 Å². The molecule has 0 radical (unpaired) electrons. The topological polar surface area (TPSA) is 68.0 Å². The lowest BCUT2D eigenvalue weighted by molar-refractivity contribution is 0.0947. The number of rotatable bonds is 4. The summed E-state index contributed by atoms with van der Waals surface area (Å²) in [7, 11) is 0. The van der Waals surface area contributed by atoms with Gasteiger partial charge in [0.15, 0.2) is 0 Å².